The highest BCUT2D eigenvalue weighted by Gasteiger charge is 2.25. The fourth-order valence-electron chi connectivity index (χ4n) is 4.72. The predicted octanol–water partition coefficient (Wildman–Crippen LogP) is 1.58. The molecule has 0 fully saturated rings. The minimum absolute atomic E-state index is 0.0353. The van der Waals surface area contributed by atoms with Crippen molar-refractivity contribution in [2.24, 2.45) is 4.99 Å². The lowest BCUT2D eigenvalue weighted by atomic mass is 10.1. The number of carbonyl (C=O) groups is 4. The monoisotopic (exact) mass is 796 g/mol. The number of methoxy groups -OCH3 is 1. The number of sulfone groups is 1. The van der Waals surface area contributed by atoms with Gasteiger partial charge in [-0.3, -0.25) is 24.2 Å². The molecule has 19 nitrogen and oxygen atoms in total. The van der Waals surface area contributed by atoms with E-state index in [2.05, 4.69) is 40.2 Å². The van der Waals surface area contributed by atoms with E-state index in [9.17, 15) is 27.6 Å². The van der Waals surface area contributed by atoms with Crippen LogP contribution >= 0.6 is 22.7 Å². The van der Waals surface area contributed by atoms with Crippen molar-refractivity contribution < 1.29 is 32.3 Å². The molecule has 1 aromatic carbocycles. The smallest absolute Gasteiger partial charge is 0.283 e. The lowest BCUT2D eigenvalue weighted by Gasteiger charge is -2.17. The lowest BCUT2D eigenvalue weighted by molar-refractivity contribution is -0.129. The van der Waals surface area contributed by atoms with E-state index in [0.29, 0.717) is 39.0 Å². The average molecular weight is 797 g/mol. The van der Waals surface area contributed by atoms with E-state index in [4.69, 9.17) is 4.74 Å². The number of fused-ring (bicyclic) bond motifs is 3. The molecule has 0 bridgehead atoms. The Bertz CT molecular complexity index is 2410. The highest BCUT2D eigenvalue weighted by molar-refractivity contribution is 7.90. The first kappa shape index (κ1) is 39.5. The maximum absolute atomic E-state index is 12.8. The molecule has 0 radical (unpaired) electrons. The molecule has 0 atom stereocenters. The van der Waals surface area contributed by atoms with Gasteiger partial charge in [0.15, 0.2) is 30.7 Å². The molecule has 22 heteroatoms. The number of nitrogens with one attached hydrogen (secondary N) is 1. The van der Waals surface area contributed by atoms with Gasteiger partial charge in [0.2, 0.25) is 11.8 Å². The summed E-state index contributed by atoms with van der Waals surface area (Å²) in [6, 6.07) is 3.88. The molecule has 0 spiro atoms. The second-order valence-electron chi connectivity index (χ2n) is 12.3. The molecule has 0 unspecified atom stereocenters. The van der Waals surface area contributed by atoms with Gasteiger partial charge in [0, 0.05) is 54.8 Å². The van der Waals surface area contributed by atoms with E-state index in [1.807, 2.05) is 18.3 Å². The van der Waals surface area contributed by atoms with Crippen LogP contribution in [0.15, 0.2) is 34.8 Å². The van der Waals surface area contributed by atoms with Gasteiger partial charge in [-0.1, -0.05) is 22.7 Å². The number of anilines is 2. The highest BCUT2D eigenvalue weighted by Crippen LogP contribution is 2.34. The minimum Gasteiger partial charge on any atom is -0.495 e. The molecule has 1 N–H and O–H groups in total. The van der Waals surface area contributed by atoms with E-state index in [0.717, 1.165) is 46.4 Å². The zero-order chi connectivity index (χ0) is 39.5. The number of nitrogens with zero attached hydrogens (tertiary/aromatic N) is 11. The molecule has 1 aliphatic heterocycles. The van der Waals surface area contributed by atoms with Crippen molar-refractivity contribution in [3.63, 3.8) is 0 Å². The summed E-state index contributed by atoms with van der Waals surface area (Å²) in [5, 5.41) is 3.32. The Morgan fingerprint density at radius 2 is 1.33 bits per heavy atom. The second kappa shape index (κ2) is 16.1. The summed E-state index contributed by atoms with van der Waals surface area (Å²) in [4.78, 5) is 83.9. The van der Waals surface area contributed by atoms with Gasteiger partial charge in [-0.2, -0.15) is 0 Å². The van der Waals surface area contributed by atoms with Gasteiger partial charge in [0.25, 0.3) is 11.8 Å². The number of aromatic nitrogens is 6. The zero-order valence-electron chi connectivity index (χ0n) is 30.5. The van der Waals surface area contributed by atoms with Crippen molar-refractivity contribution in [3.05, 3.63) is 45.9 Å². The van der Waals surface area contributed by atoms with Crippen molar-refractivity contribution in [3.8, 4) is 5.75 Å². The number of hydrogen-bond acceptors (Lipinski definition) is 17. The van der Waals surface area contributed by atoms with Crippen LogP contribution < -0.4 is 10.1 Å². The summed E-state index contributed by atoms with van der Waals surface area (Å²) >= 11 is 2.11. The molecule has 284 valence electrons. The molecule has 0 aliphatic carbocycles. The van der Waals surface area contributed by atoms with E-state index in [1.165, 1.54) is 33.0 Å². The number of rotatable bonds is 10. The summed E-state index contributed by atoms with van der Waals surface area (Å²) in [7, 11) is 7.52. The fraction of sp³-hybridized carbons (Fsp3) is 0.344. The quantitative estimate of drug-likeness (QED) is 0.198. The lowest BCUT2D eigenvalue weighted by Crippen LogP contribution is -2.37. The maximum Gasteiger partial charge on any atom is 0.283 e. The number of benzene rings is 1. The number of carbonyl (C=O) groups excluding carboxylic acids is 4. The number of aliphatic imine (C=N–C) groups is 1. The zero-order valence-corrected chi connectivity index (χ0v) is 33.0. The van der Waals surface area contributed by atoms with Crippen LogP contribution in [0.5, 0.6) is 5.75 Å². The molecular formula is C32H36N12O7S3. The van der Waals surface area contributed by atoms with E-state index in [1.54, 1.807) is 42.3 Å². The Kier molecular flexibility index (Phi) is 11.8. The number of amides is 4. The average Bonchev–Trinajstić information content (AvgIpc) is 3.88. The first-order valence-corrected chi connectivity index (χ1v) is 19.3. The molecule has 6 rings (SSSR count). The SMILES string of the molecule is CN(C)C(=O)CN(C)C(=O)c1nc2c(S(C)(=O)=O)ncnc2s1.COc1cc2c(cc1Nc1ncnc3sc(C(=O)N(C)CC(=O)N(C)C)nc13)C=NC2. The summed E-state index contributed by atoms with van der Waals surface area (Å²) in [5.74, 6) is -0.131. The fourth-order valence-corrected chi connectivity index (χ4v) is 7.33. The van der Waals surface area contributed by atoms with Gasteiger partial charge in [-0.25, -0.2) is 38.3 Å². The maximum atomic E-state index is 12.8. The van der Waals surface area contributed by atoms with Crippen LogP contribution in [0.2, 0.25) is 0 Å². The Labute approximate surface area is 317 Å². The molecule has 54 heavy (non-hydrogen) atoms. The van der Waals surface area contributed by atoms with E-state index >= 15 is 0 Å². The molecular weight excluding hydrogens is 761 g/mol. The molecule has 5 heterocycles. The largest absolute Gasteiger partial charge is 0.495 e. The van der Waals surface area contributed by atoms with Gasteiger partial charge < -0.3 is 29.7 Å². The van der Waals surface area contributed by atoms with Gasteiger partial charge in [-0.05, 0) is 23.3 Å². The van der Waals surface area contributed by atoms with E-state index < -0.39 is 15.7 Å². The molecule has 5 aromatic rings. The normalized spacial score (nSPS) is 11.8. The number of thiazole rings is 2. The minimum atomic E-state index is -3.58. The van der Waals surface area contributed by atoms with Crippen molar-refractivity contribution in [1.29, 1.82) is 0 Å². The summed E-state index contributed by atoms with van der Waals surface area (Å²) in [6.07, 6.45) is 5.36. The third kappa shape index (κ3) is 8.72. The third-order valence-electron chi connectivity index (χ3n) is 7.72. The molecule has 4 aromatic heterocycles. The van der Waals surface area contributed by atoms with Gasteiger partial charge in [0.05, 0.1) is 32.4 Å². The van der Waals surface area contributed by atoms with Crippen LogP contribution in [-0.2, 0) is 26.0 Å². The van der Waals surface area contributed by atoms with Crippen molar-refractivity contribution in [2.45, 2.75) is 11.6 Å². The van der Waals surface area contributed by atoms with Gasteiger partial charge in [-0.15, -0.1) is 0 Å². The number of hydrogen-bond donors (Lipinski definition) is 1. The Morgan fingerprint density at radius 1 is 0.796 bits per heavy atom. The third-order valence-corrected chi connectivity index (χ3v) is 10.6. The Morgan fingerprint density at radius 3 is 1.87 bits per heavy atom. The van der Waals surface area contributed by atoms with Crippen LogP contribution in [-0.4, -0.2) is 157 Å². The van der Waals surface area contributed by atoms with Crippen LogP contribution in [0.1, 0.15) is 30.7 Å². The molecule has 0 saturated heterocycles. The second-order valence-corrected chi connectivity index (χ2v) is 16.1. The number of ether oxygens (including phenoxy) is 1. The summed E-state index contributed by atoms with van der Waals surface area (Å²) in [6.45, 7) is 0.490. The van der Waals surface area contributed by atoms with Crippen LogP contribution in [0.3, 0.4) is 0 Å². The molecule has 0 saturated carbocycles. The first-order valence-electron chi connectivity index (χ1n) is 15.8. The summed E-state index contributed by atoms with van der Waals surface area (Å²) in [5.41, 5.74) is 3.35. The highest BCUT2D eigenvalue weighted by atomic mass is 32.2. The van der Waals surface area contributed by atoms with Crippen LogP contribution in [0.4, 0.5) is 11.5 Å². The van der Waals surface area contributed by atoms with Crippen LogP contribution in [0.25, 0.3) is 20.7 Å². The van der Waals surface area contributed by atoms with Crippen molar-refractivity contribution in [1.82, 2.24) is 49.5 Å². The standard InChI is InChI=1S/C20H21N7O3S.C12H15N5O4S2/c1-26(2)15(28)9-27(3)20(29)19-25-16-17(22-10-23-18(16)31-19)24-13-5-11-7-21-8-12(11)6-14(13)30-4;1-16(2)7(18)5-17(3)12(19)10-15-8-9(22-10)13-6-14-11(8)23(4,20)21/h5-7,10H,8-9H2,1-4H3,(H,22,23,24);6H,5H2,1-4H3. The Hall–Kier alpha value is -5.74. The molecule has 1 aliphatic rings. The van der Waals surface area contributed by atoms with Gasteiger partial charge in [0.1, 0.15) is 39.1 Å². The van der Waals surface area contributed by atoms with E-state index in [-0.39, 0.29) is 51.4 Å². The first-order chi connectivity index (χ1) is 25.5. The van der Waals surface area contributed by atoms with Crippen molar-refractivity contribution >= 4 is 94.6 Å². The predicted molar refractivity (Wildman–Crippen MR) is 202 cm³/mol. The van der Waals surface area contributed by atoms with Crippen LogP contribution in [0, 0.1) is 0 Å². The molecule has 4 amide bonds. The number of likely N-dealkylation sites (N-methyl/N-ethyl adjacent to an activating group) is 4. The van der Waals surface area contributed by atoms with Crippen molar-refractivity contribution in [2.75, 3.05) is 74.1 Å². The van der Waals surface area contributed by atoms with Gasteiger partial charge >= 0.3 is 0 Å². The Balaban J connectivity index is 0.000000218. The topological polar surface area (TPSA) is 226 Å². The summed E-state index contributed by atoms with van der Waals surface area (Å²) < 4.78 is 28.9.